The standard InChI is InChI=1S/C27H27N5O8/c1-38-27(37)25(34)18-5-9-19(10-6-18)28-24(33)4-2-3-13-32-15-20(29-31-32)16-39-21-11-7-17(8-12-21)23-14-22(26(35)36)30-40-23/h5-12,14-15,25,34H,2-4,13,16H2,1H3,(H,28,33)(H,35,36). The van der Waals surface area contributed by atoms with Crippen LogP contribution in [0.15, 0.2) is 65.3 Å². The van der Waals surface area contributed by atoms with Gasteiger partial charge in [0.25, 0.3) is 0 Å². The van der Waals surface area contributed by atoms with E-state index in [0.717, 1.165) is 0 Å². The maximum atomic E-state index is 12.2. The van der Waals surface area contributed by atoms with E-state index < -0.39 is 18.0 Å². The number of hydrogen-bond acceptors (Lipinski definition) is 10. The molecule has 13 heteroatoms. The lowest BCUT2D eigenvalue weighted by Gasteiger charge is -2.10. The van der Waals surface area contributed by atoms with Gasteiger partial charge in [0.1, 0.15) is 18.1 Å². The number of aromatic nitrogens is 4. The molecule has 0 aliphatic carbocycles. The minimum absolute atomic E-state index is 0.148. The second-order valence-electron chi connectivity index (χ2n) is 8.72. The largest absolute Gasteiger partial charge is 0.487 e. The summed E-state index contributed by atoms with van der Waals surface area (Å²) < 4.78 is 17.0. The third kappa shape index (κ3) is 7.51. The number of aromatic carboxylic acids is 1. The van der Waals surface area contributed by atoms with Gasteiger partial charge in [-0.05, 0) is 54.8 Å². The Morgan fingerprint density at radius 3 is 2.50 bits per heavy atom. The molecule has 208 valence electrons. The number of carbonyl (C=O) groups excluding carboxylic acids is 2. The van der Waals surface area contributed by atoms with Crippen LogP contribution >= 0.6 is 0 Å². The topological polar surface area (TPSA) is 179 Å². The highest BCUT2D eigenvalue weighted by atomic mass is 16.5. The van der Waals surface area contributed by atoms with E-state index in [-0.39, 0.29) is 18.2 Å². The number of nitrogens with one attached hydrogen (secondary N) is 1. The van der Waals surface area contributed by atoms with Crippen LogP contribution in [0.1, 0.15) is 47.1 Å². The van der Waals surface area contributed by atoms with Crippen molar-refractivity contribution in [2.75, 3.05) is 12.4 Å². The average molecular weight is 550 g/mol. The number of methoxy groups -OCH3 is 1. The highest BCUT2D eigenvalue weighted by molar-refractivity contribution is 5.90. The van der Waals surface area contributed by atoms with Crippen LogP contribution in [-0.4, -0.2) is 55.3 Å². The lowest BCUT2D eigenvalue weighted by Crippen LogP contribution is -2.14. The molecule has 2 heterocycles. The summed E-state index contributed by atoms with van der Waals surface area (Å²) in [5.74, 6) is -1.12. The van der Waals surface area contributed by atoms with Crippen LogP contribution in [0, 0.1) is 0 Å². The summed E-state index contributed by atoms with van der Waals surface area (Å²) in [7, 11) is 1.20. The van der Waals surface area contributed by atoms with Crippen LogP contribution in [-0.2, 0) is 27.5 Å². The average Bonchev–Trinajstić information content (AvgIpc) is 3.64. The number of aliphatic hydroxyl groups is 1. The zero-order valence-electron chi connectivity index (χ0n) is 21.5. The van der Waals surface area contributed by atoms with Crippen LogP contribution in [0.25, 0.3) is 11.3 Å². The highest BCUT2D eigenvalue weighted by Gasteiger charge is 2.17. The van der Waals surface area contributed by atoms with Gasteiger partial charge in [-0.3, -0.25) is 9.48 Å². The van der Waals surface area contributed by atoms with Gasteiger partial charge in [-0.25, -0.2) is 9.59 Å². The number of ether oxygens (including phenoxy) is 2. The molecule has 0 aliphatic heterocycles. The van der Waals surface area contributed by atoms with E-state index in [1.165, 1.54) is 13.2 Å². The lowest BCUT2D eigenvalue weighted by molar-refractivity contribution is -0.150. The maximum absolute atomic E-state index is 12.2. The molecule has 1 amide bonds. The molecule has 2 aromatic heterocycles. The zero-order valence-corrected chi connectivity index (χ0v) is 21.5. The number of nitrogens with zero attached hydrogens (tertiary/aromatic N) is 4. The van der Waals surface area contributed by atoms with Crippen molar-refractivity contribution in [1.82, 2.24) is 20.2 Å². The van der Waals surface area contributed by atoms with E-state index in [9.17, 15) is 19.5 Å². The van der Waals surface area contributed by atoms with Gasteiger partial charge in [-0.15, -0.1) is 5.10 Å². The highest BCUT2D eigenvalue weighted by Crippen LogP contribution is 2.24. The van der Waals surface area contributed by atoms with Crippen LogP contribution in [0.3, 0.4) is 0 Å². The second-order valence-corrected chi connectivity index (χ2v) is 8.72. The van der Waals surface area contributed by atoms with Gasteiger partial charge < -0.3 is 29.5 Å². The minimum atomic E-state index is -1.37. The van der Waals surface area contributed by atoms with Crippen LogP contribution in [0.5, 0.6) is 5.75 Å². The Hall–Kier alpha value is -5.04. The summed E-state index contributed by atoms with van der Waals surface area (Å²) in [5, 5.41) is 33.3. The number of amides is 1. The molecule has 0 bridgehead atoms. The molecule has 0 radical (unpaired) electrons. The van der Waals surface area contributed by atoms with Gasteiger partial charge in [-0.1, -0.05) is 22.5 Å². The van der Waals surface area contributed by atoms with E-state index in [1.807, 2.05) is 0 Å². The molecule has 3 N–H and O–H groups in total. The smallest absolute Gasteiger partial charge is 0.358 e. The number of carboxylic acids is 1. The van der Waals surface area contributed by atoms with E-state index in [0.29, 0.717) is 59.8 Å². The van der Waals surface area contributed by atoms with E-state index in [2.05, 4.69) is 25.5 Å². The summed E-state index contributed by atoms with van der Waals surface area (Å²) in [4.78, 5) is 34.6. The summed E-state index contributed by atoms with van der Waals surface area (Å²) in [5.41, 5.74) is 2.08. The predicted molar refractivity (Wildman–Crippen MR) is 139 cm³/mol. The number of aryl methyl sites for hydroxylation is 1. The fraction of sp³-hybridized carbons (Fsp3) is 0.259. The van der Waals surface area contributed by atoms with Gasteiger partial charge in [-0.2, -0.15) is 0 Å². The number of aliphatic hydroxyl groups excluding tert-OH is 1. The number of esters is 1. The first kappa shape index (κ1) is 28.0. The van der Waals surface area contributed by atoms with Crippen LogP contribution in [0.4, 0.5) is 5.69 Å². The number of carbonyl (C=O) groups is 3. The molecular weight excluding hydrogens is 522 g/mol. The fourth-order valence-electron chi connectivity index (χ4n) is 3.68. The molecule has 0 aliphatic rings. The van der Waals surface area contributed by atoms with Crippen LogP contribution in [0.2, 0.25) is 0 Å². The molecule has 13 nitrogen and oxygen atoms in total. The van der Waals surface area contributed by atoms with Gasteiger partial charge >= 0.3 is 11.9 Å². The number of hydrogen-bond donors (Lipinski definition) is 3. The Morgan fingerprint density at radius 1 is 1.07 bits per heavy atom. The van der Waals surface area contributed by atoms with Gasteiger partial charge in [0, 0.05) is 30.3 Å². The number of carboxylic acid groups (broad SMARTS) is 1. The number of benzene rings is 2. The molecule has 4 aromatic rings. The lowest BCUT2D eigenvalue weighted by atomic mass is 10.1. The predicted octanol–water partition coefficient (Wildman–Crippen LogP) is 3.23. The Labute approximate surface area is 228 Å². The van der Waals surface area contributed by atoms with Crippen molar-refractivity contribution in [3.05, 3.63) is 77.7 Å². The monoisotopic (exact) mass is 549 g/mol. The molecule has 0 spiro atoms. The zero-order chi connectivity index (χ0) is 28.5. The first-order chi connectivity index (χ1) is 19.3. The van der Waals surface area contributed by atoms with E-state index in [4.69, 9.17) is 14.4 Å². The summed E-state index contributed by atoms with van der Waals surface area (Å²) in [6, 6.07) is 14.6. The normalized spacial score (nSPS) is 11.6. The van der Waals surface area contributed by atoms with Crippen molar-refractivity contribution in [2.45, 2.75) is 38.5 Å². The van der Waals surface area contributed by atoms with Crippen molar-refractivity contribution >= 4 is 23.5 Å². The maximum Gasteiger partial charge on any atom is 0.358 e. The van der Waals surface area contributed by atoms with E-state index in [1.54, 1.807) is 59.4 Å². The molecule has 1 unspecified atom stereocenters. The van der Waals surface area contributed by atoms with Crippen molar-refractivity contribution < 1.29 is 38.6 Å². The van der Waals surface area contributed by atoms with E-state index >= 15 is 0 Å². The molecular formula is C27H27N5O8. The Balaban J connectivity index is 1.15. The third-order valence-electron chi connectivity index (χ3n) is 5.82. The molecule has 0 saturated carbocycles. The molecule has 40 heavy (non-hydrogen) atoms. The molecule has 1 atom stereocenters. The summed E-state index contributed by atoms with van der Waals surface area (Å²) in [6.07, 6.45) is 2.09. The Kier molecular flexibility index (Phi) is 9.20. The number of unbranched alkanes of at least 4 members (excludes halogenated alkanes) is 1. The van der Waals surface area contributed by atoms with Gasteiger partial charge in [0.2, 0.25) is 5.91 Å². The Morgan fingerprint density at radius 2 is 1.82 bits per heavy atom. The van der Waals surface area contributed by atoms with Crippen molar-refractivity contribution in [3.8, 4) is 17.1 Å². The van der Waals surface area contributed by atoms with Gasteiger partial charge in [0.15, 0.2) is 17.6 Å². The first-order valence-corrected chi connectivity index (χ1v) is 12.3. The van der Waals surface area contributed by atoms with Crippen molar-refractivity contribution in [3.63, 3.8) is 0 Å². The fourth-order valence-corrected chi connectivity index (χ4v) is 3.68. The molecule has 4 rings (SSSR count). The second kappa shape index (κ2) is 13.2. The van der Waals surface area contributed by atoms with Crippen LogP contribution < -0.4 is 10.1 Å². The molecule has 0 saturated heterocycles. The first-order valence-electron chi connectivity index (χ1n) is 12.3. The van der Waals surface area contributed by atoms with Crippen molar-refractivity contribution in [2.24, 2.45) is 0 Å². The van der Waals surface area contributed by atoms with Gasteiger partial charge in [0.05, 0.1) is 13.3 Å². The molecule has 0 fully saturated rings. The summed E-state index contributed by atoms with van der Waals surface area (Å²) >= 11 is 0. The van der Waals surface area contributed by atoms with Crippen molar-refractivity contribution in [1.29, 1.82) is 0 Å². The third-order valence-corrected chi connectivity index (χ3v) is 5.82. The quantitative estimate of drug-likeness (QED) is 0.165. The number of rotatable bonds is 13. The number of anilines is 1. The molecule has 2 aromatic carbocycles. The Bertz CT molecular complexity index is 1450. The minimum Gasteiger partial charge on any atom is -0.487 e. The SMILES string of the molecule is COC(=O)C(O)c1ccc(NC(=O)CCCCn2cc(COc3ccc(-c4cc(C(=O)O)no4)cc3)nn2)cc1. The summed E-state index contributed by atoms with van der Waals surface area (Å²) in [6.45, 7) is 0.799.